The molecule has 8 heteroatoms. The highest BCUT2D eigenvalue weighted by Crippen LogP contribution is 2.13. The zero-order chi connectivity index (χ0) is 18.6. The van der Waals surface area contributed by atoms with Gasteiger partial charge in [0.1, 0.15) is 5.60 Å². The second-order valence-electron chi connectivity index (χ2n) is 6.72. The second kappa shape index (κ2) is 7.86. The zero-order valence-corrected chi connectivity index (χ0v) is 16.1. The van der Waals surface area contributed by atoms with Crippen molar-refractivity contribution < 1.29 is 19.1 Å². The number of carbonyl (C=O) groups excluding carboxylic acids is 3. The average Bonchev–Trinajstić information content (AvgIpc) is 2.54. The molecule has 1 fully saturated rings. The first-order chi connectivity index (χ1) is 11.7. The van der Waals surface area contributed by atoms with Crippen molar-refractivity contribution in [3.05, 3.63) is 34.3 Å². The van der Waals surface area contributed by atoms with Gasteiger partial charge in [-0.05, 0) is 45.0 Å². The van der Waals surface area contributed by atoms with Crippen molar-refractivity contribution in [2.45, 2.75) is 26.4 Å². The number of hydrogen-bond donors (Lipinski definition) is 1. The second-order valence-corrected chi connectivity index (χ2v) is 7.64. The van der Waals surface area contributed by atoms with E-state index in [-0.39, 0.29) is 0 Å². The van der Waals surface area contributed by atoms with Gasteiger partial charge in [0.2, 0.25) is 0 Å². The lowest BCUT2D eigenvalue weighted by Crippen LogP contribution is -2.54. The first-order valence-corrected chi connectivity index (χ1v) is 8.79. The van der Waals surface area contributed by atoms with E-state index in [9.17, 15) is 14.4 Å². The maximum atomic E-state index is 12.2. The van der Waals surface area contributed by atoms with E-state index in [0.717, 1.165) is 4.47 Å². The summed E-state index contributed by atoms with van der Waals surface area (Å²) in [5, 5.41) is 2.37. The highest BCUT2D eigenvalue weighted by molar-refractivity contribution is 9.10. The lowest BCUT2D eigenvalue weighted by Gasteiger charge is -2.35. The van der Waals surface area contributed by atoms with E-state index in [0.29, 0.717) is 31.7 Å². The number of urea groups is 1. The minimum Gasteiger partial charge on any atom is -0.444 e. The van der Waals surface area contributed by atoms with Crippen molar-refractivity contribution in [3.8, 4) is 0 Å². The molecular weight excluding hydrogens is 390 g/mol. The van der Waals surface area contributed by atoms with Crippen LogP contribution in [0.3, 0.4) is 0 Å². The Morgan fingerprint density at radius 2 is 1.52 bits per heavy atom. The molecule has 0 aromatic heterocycles. The average molecular weight is 412 g/mol. The van der Waals surface area contributed by atoms with Crippen molar-refractivity contribution >= 4 is 34.0 Å². The van der Waals surface area contributed by atoms with Crippen LogP contribution in [-0.2, 0) is 4.74 Å². The molecule has 4 amide bonds. The normalized spacial score (nSPS) is 14.9. The number of nitrogens with zero attached hydrogens (tertiary/aromatic N) is 2. The summed E-state index contributed by atoms with van der Waals surface area (Å²) in [5.41, 5.74) is -0.146. The quantitative estimate of drug-likeness (QED) is 0.770. The number of imide groups is 1. The van der Waals surface area contributed by atoms with Crippen LogP contribution in [0.2, 0.25) is 0 Å². The first kappa shape index (κ1) is 19.2. The van der Waals surface area contributed by atoms with E-state index >= 15 is 0 Å². The van der Waals surface area contributed by atoms with Gasteiger partial charge in [-0.25, -0.2) is 9.59 Å². The SMILES string of the molecule is CC(C)(C)OC(=O)N1CCN(C(=O)NC(=O)c2ccc(Br)cc2)CC1. The molecule has 0 aliphatic carbocycles. The number of carbonyl (C=O) groups is 3. The van der Waals surface area contributed by atoms with Gasteiger partial charge in [-0.2, -0.15) is 0 Å². The van der Waals surface area contributed by atoms with Gasteiger partial charge in [0.05, 0.1) is 0 Å². The third kappa shape index (κ3) is 5.74. The van der Waals surface area contributed by atoms with Crippen LogP contribution >= 0.6 is 15.9 Å². The minimum absolute atomic E-state index is 0.346. The molecule has 1 heterocycles. The minimum atomic E-state index is -0.553. The standard InChI is InChI=1S/C17H22BrN3O4/c1-17(2,3)25-16(24)21-10-8-20(9-11-21)15(23)19-14(22)12-4-6-13(18)7-5-12/h4-7H,8-11H2,1-3H3,(H,19,22,23). The predicted octanol–water partition coefficient (Wildman–Crippen LogP) is 2.85. The summed E-state index contributed by atoms with van der Waals surface area (Å²) in [7, 11) is 0. The summed E-state index contributed by atoms with van der Waals surface area (Å²) in [5.74, 6) is -0.452. The van der Waals surface area contributed by atoms with Crippen molar-refractivity contribution in [3.63, 3.8) is 0 Å². The topological polar surface area (TPSA) is 79.0 Å². The van der Waals surface area contributed by atoms with Crippen LogP contribution in [0, 0.1) is 0 Å². The maximum Gasteiger partial charge on any atom is 0.410 e. The highest BCUT2D eigenvalue weighted by Gasteiger charge is 2.28. The van der Waals surface area contributed by atoms with E-state index in [1.165, 1.54) is 4.90 Å². The summed E-state index contributed by atoms with van der Waals surface area (Å²) in [4.78, 5) is 39.4. The summed E-state index contributed by atoms with van der Waals surface area (Å²) < 4.78 is 6.17. The molecule has 0 atom stereocenters. The van der Waals surface area contributed by atoms with Gasteiger partial charge >= 0.3 is 12.1 Å². The molecule has 0 unspecified atom stereocenters. The number of nitrogens with one attached hydrogen (secondary N) is 1. The number of halogens is 1. The third-order valence-electron chi connectivity index (χ3n) is 3.55. The molecule has 0 spiro atoms. The van der Waals surface area contributed by atoms with Crippen LogP contribution in [0.15, 0.2) is 28.7 Å². The molecule has 25 heavy (non-hydrogen) atoms. The van der Waals surface area contributed by atoms with Gasteiger partial charge in [-0.1, -0.05) is 15.9 Å². The van der Waals surface area contributed by atoms with Crippen molar-refractivity contribution in [2.75, 3.05) is 26.2 Å². The Kier molecular flexibility index (Phi) is 6.05. The van der Waals surface area contributed by atoms with Gasteiger partial charge in [0, 0.05) is 36.2 Å². The Bertz CT molecular complexity index is 647. The smallest absolute Gasteiger partial charge is 0.410 e. The molecule has 7 nitrogen and oxygen atoms in total. The van der Waals surface area contributed by atoms with Crippen molar-refractivity contribution in [1.82, 2.24) is 15.1 Å². The summed E-state index contributed by atoms with van der Waals surface area (Å²) >= 11 is 3.29. The van der Waals surface area contributed by atoms with E-state index in [1.807, 2.05) is 20.8 Å². The van der Waals surface area contributed by atoms with Crippen LogP contribution in [0.4, 0.5) is 9.59 Å². The van der Waals surface area contributed by atoms with Crippen molar-refractivity contribution in [2.24, 2.45) is 0 Å². The molecule has 0 saturated carbocycles. The van der Waals surface area contributed by atoms with Crippen LogP contribution in [0.25, 0.3) is 0 Å². The summed E-state index contributed by atoms with van der Waals surface area (Å²) in [6.45, 7) is 6.86. The highest BCUT2D eigenvalue weighted by atomic mass is 79.9. The van der Waals surface area contributed by atoms with Gasteiger partial charge in [0.15, 0.2) is 0 Å². The molecule has 2 rings (SSSR count). The Morgan fingerprint density at radius 1 is 1.00 bits per heavy atom. The zero-order valence-electron chi connectivity index (χ0n) is 14.5. The lowest BCUT2D eigenvalue weighted by atomic mass is 10.2. The van der Waals surface area contributed by atoms with Crippen LogP contribution in [-0.4, -0.2) is 59.6 Å². The Labute approximate surface area is 155 Å². The molecule has 0 radical (unpaired) electrons. The number of hydrogen-bond acceptors (Lipinski definition) is 4. The largest absolute Gasteiger partial charge is 0.444 e. The van der Waals surface area contributed by atoms with E-state index < -0.39 is 23.6 Å². The van der Waals surface area contributed by atoms with E-state index in [1.54, 1.807) is 29.2 Å². The van der Waals surface area contributed by atoms with Crippen molar-refractivity contribution in [1.29, 1.82) is 0 Å². The fourth-order valence-electron chi connectivity index (χ4n) is 2.27. The fourth-order valence-corrected chi connectivity index (χ4v) is 2.53. The molecule has 1 aliphatic rings. The van der Waals surface area contributed by atoms with Crippen LogP contribution < -0.4 is 5.32 Å². The molecule has 1 aromatic carbocycles. The summed E-state index contributed by atoms with van der Waals surface area (Å²) in [6, 6.07) is 6.27. The number of benzene rings is 1. The van der Waals surface area contributed by atoms with Gasteiger partial charge in [-0.15, -0.1) is 0 Å². The molecule has 1 N–H and O–H groups in total. The van der Waals surface area contributed by atoms with E-state index in [2.05, 4.69) is 21.2 Å². The van der Waals surface area contributed by atoms with Crippen LogP contribution in [0.1, 0.15) is 31.1 Å². The number of rotatable bonds is 1. The van der Waals surface area contributed by atoms with Crippen LogP contribution in [0.5, 0.6) is 0 Å². The predicted molar refractivity (Wildman–Crippen MR) is 96.4 cm³/mol. The number of amides is 4. The molecule has 1 aliphatic heterocycles. The maximum absolute atomic E-state index is 12.2. The molecule has 1 aromatic rings. The van der Waals surface area contributed by atoms with Gasteiger partial charge in [0.25, 0.3) is 5.91 Å². The number of piperazine rings is 1. The Morgan fingerprint density at radius 3 is 2.04 bits per heavy atom. The summed E-state index contributed by atoms with van der Waals surface area (Å²) in [6.07, 6.45) is -0.390. The molecule has 1 saturated heterocycles. The fraction of sp³-hybridized carbons (Fsp3) is 0.471. The number of ether oxygens (including phenoxy) is 1. The lowest BCUT2D eigenvalue weighted by molar-refractivity contribution is 0.0169. The van der Waals surface area contributed by atoms with Gasteiger partial charge < -0.3 is 14.5 Å². The molecular formula is C17H22BrN3O4. The molecule has 0 bridgehead atoms. The third-order valence-corrected chi connectivity index (χ3v) is 4.07. The monoisotopic (exact) mass is 411 g/mol. The van der Waals surface area contributed by atoms with E-state index in [4.69, 9.17) is 4.74 Å². The molecule has 136 valence electrons. The first-order valence-electron chi connectivity index (χ1n) is 7.99. The van der Waals surface area contributed by atoms with Gasteiger partial charge in [-0.3, -0.25) is 10.1 Å². The Hall–Kier alpha value is -2.09. The Balaban J connectivity index is 1.84.